The van der Waals surface area contributed by atoms with E-state index in [0.29, 0.717) is 43.4 Å². The first-order chi connectivity index (χ1) is 14.4. The third kappa shape index (κ3) is 3.82. The maximum absolute atomic E-state index is 13.6. The van der Waals surface area contributed by atoms with Crippen LogP contribution in [0.15, 0.2) is 41.3 Å². The van der Waals surface area contributed by atoms with Gasteiger partial charge in [-0.15, -0.1) is 0 Å². The first-order valence-electron chi connectivity index (χ1n) is 9.77. The number of nitrogens with one attached hydrogen (secondary N) is 1. The molecule has 2 heterocycles. The molecule has 0 bridgehead atoms. The van der Waals surface area contributed by atoms with Crippen molar-refractivity contribution >= 4 is 21.6 Å². The molecule has 2 aliphatic heterocycles. The largest absolute Gasteiger partial charge is 0.495 e. The maximum atomic E-state index is 13.6. The lowest BCUT2D eigenvalue weighted by Crippen LogP contribution is -2.31. The molecule has 160 valence electrons. The van der Waals surface area contributed by atoms with E-state index in [4.69, 9.17) is 14.2 Å². The number of ether oxygens (including phenoxy) is 3. The van der Waals surface area contributed by atoms with E-state index in [1.165, 1.54) is 24.4 Å². The fourth-order valence-electron chi connectivity index (χ4n) is 3.91. The number of nitrogens with zero attached hydrogens (tertiary/aromatic N) is 1. The molecule has 1 fully saturated rings. The number of hydrogen-bond acceptors (Lipinski definition) is 6. The number of methoxy groups -OCH3 is 1. The van der Waals surface area contributed by atoms with Gasteiger partial charge in [0.05, 0.1) is 13.2 Å². The molecule has 0 unspecified atom stereocenters. The molecule has 1 amide bonds. The molecular weight excluding hydrogens is 408 g/mol. The van der Waals surface area contributed by atoms with Crippen molar-refractivity contribution in [3.05, 3.63) is 42.0 Å². The summed E-state index contributed by atoms with van der Waals surface area (Å²) in [6, 6.07) is 9.85. The van der Waals surface area contributed by atoms with Crippen LogP contribution in [-0.4, -0.2) is 45.5 Å². The molecule has 1 atom stereocenters. The molecule has 30 heavy (non-hydrogen) atoms. The molecule has 9 heteroatoms. The maximum Gasteiger partial charge on any atom is 0.247 e. The quantitative estimate of drug-likeness (QED) is 0.781. The van der Waals surface area contributed by atoms with E-state index < -0.39 is 10.0 Å². The lowest BCUT2D eigenvalue weighted by molar-refractivity contribution is -0.114. The third-order valence-electron chi connectivity index (χ3n) is 5.23. The van der Waals surface area contributed by atoms with E-state index in [9.17, 15) is 13.2 Å². The molecule has 2 aromatic carbocycles. The van der Waals surface area contributed by atoms with Crippen molar-refractivity contribution in [1.82, 2.24) is 4.31 Å². The number of benzene rings is 2. The molecule has 0 spiro atoms. The number of fused-ring (bicyclic) bond motifs is 1. The van der Waals surface area contributed by atoms with Crippen LogP contribution in [0.1, 0.15) is 31.4 Å². The van der Waals surface area contributed by atoms with Crippen LogP contribution >= 0.6 is 0 Å². The van der Waals surface area contributed by atoms with Gasteiger partial charge in [0.15, 0.2) is 11.5 Å². The Morgan fingerprint density at radius 3 is 2.63 bits per heavy atom. The number of hydrogen-bond donors (Lipinski definition) is 1. The number of anilines is 1. The molecule has 2 aromatic rings. The summed E-state index contributed by atoms with van der Waals surface area (Å²) in [6.45, 7) is 2.74. The highest BCUT2D eigenvalue weighted by molar-refractivity contribution is 7.89. The minimum atomic E-state index is -3.87. The van der Waals surface area contributed by atoms with Crippen molar-refractivity contribution in [3.63, 3.8) is 0 Å². The van der Waals surface area contributed by atoms with Gasteiger partial charge in [0, 0.05) is 19.2 Å². The zero-order chi connectivity index (χ0) is 21.3. The summed E-state index contributed by atoms with van der Waals surface area (Å²) in [6.07, 6.45) is 1.44. The number of amides is 1. The summed E-state index contributed by atoms with van der Waals surface area (Å²) in [7, 11) is -2.45. The van der Waals surface area contributed by atoms with Crippen molar-refractivity contribution < 1.29 is 27.4 Å². The summed E-state index contributed by atoms with van der Waals surface area (Å²) in [4.78, 5) is 11.4. The molecule has 2 aliphatic rings. The standard InChI is InChI=1S/C21H24N2O6S/c1-14(24)22-16-6-8-19(27-2)21(13-16)30(25,26)23-9-3-4-17(23)15-5-7-18-20(12-15)29-11-10-28-18/h5-8,12-13,17H,3-4,9-11H2,1-2H3,(H,22,24)/t17-/m0/s1. The van der Waals surface area contributed by atoms with Crippen LogP contribution in [0.2, 0.25) is 0 Å². The van der Waals surface area contributed by atoms with Crippen LogP contribution in [0.3, 0.4) is 0 Å². The van der Waals surface area contributed by atoms with Gasteiger partial charge in [0.25, 0.3) is 0 Å². The van der Waals surface area contributed by atoms with E-state index in [1.54, 1.807) is 12.1 Å². The highest BCUT2D eigenvalue weighted by Gasteiger charge is 2.38. The monoisotopic (exact) mass is 432 g/mol. The van der Waals surface area contributed by atoms with Gasteiger partial charge in [-0.25, -0.2) is 8.42 Å². The van der Waals surface area contributed by atoms with Crippen LogP contribution in [0, 0.1) is 0 Å². The van der Waals surface area contributed by atoms with Gasteiger partial charge in [-0.05, 0) is 48.7 Å². The minimum absolute atomic E-state index is 0.0284. The SMILES string of the molecule is COc1ccc(NC(C)=O)cc1S(=O)(=O)N1CCC[C@H]1c1ccc2c(c1)OCCO2. The summed E-state index contributed by atoms with van der Waals surface area (Å²) >= 11 is 0. The topological polar surface area (TPSA) is 94.2 Å². The van der Waals surface area contributed by atoms with E-state index in [1.807, 2.05) is 18.2 Å². The molecule has 0 aromatic heterocycles. The highest BCUT2D eigenvalue weighted by Crippen LogP contribution is 2.42. The lowest BCUT2D eigenvalue weighted by Gasteiger charge is -2.27. The van der Waals surface area contributed by atoms with Crippen LogP contribution in [0.5, 0.6) is 17.2 Å². The molecular formula is C21H24N2O6S. The molecule has 8 nitrogen and oxygen atoms in total. The second-order valence-electron chi connectivity index (χ2n) is 7.22. The van der Waals surface area contributed by atoms with E-state index in [0.717, 1.165) is 12.0 Å². The summed E-state index contributed by atoms with van der Waals surface area (Å²) in [5.74, 6) is 1.26. The Labute approximate surface area is 175 Å². The van der Waals surface area contributed by atoms with Crippen molar-refractivity contribution in [1.29, 1.82) is 0 Å². The van der Waals surface area contributed by atoms with Crippen molar-refractivity contribution in [2.45, 2.75) is 30.7 Å². The van der Waals surface area contributed by atoms with Gasteiger partial charge >= 0.3 is 0 Å². The first kappa shape index (κ1) is 20.5. The first-order valence-corrected chi connectivity index (χ1v) is 11.2. The van der Waals surface area contributed by atoms with Gasteiger partial charge in [-0.1, -0.05) is 6.07 Å². The van der Waals surface area contributed by atoms with Crippen LogP contribution in [0.4, 0.5) is 5.69 Å². The second-order valence-corrected chi connectivity index (χ2v) is 9.08. The smallest absolute Gasteiger partial charge is 0.247 e. The fourth-order valence-corrected chi connectivity index (χ4v) is 5.78. The van der Waals surface area contributed by atoms with E-state index in [-0.39, 0.29) is 22.6 Å². The average Bonchev–Trinajstić information content (AvgIpc) is 3.24. The highest BCUT2D eigenvalue weighted by atomic mass is 32.2. The Balaban J connectivity index is 1.71. The lowest BCUT2D eigenvalue weighted by atomic mass is 10.0. The van der Waals surface area contributed by atoms with Crippen LogP contribution in [-0.2, 0) is 14.8 Å². The summed E-state index contributed by atoms with van der Waals surface area (Å²) < 4.78 is 45.2. The van der Waals surface area contributed by atoms with Crippen molar-refractivity contribution in [2.24, 2.45) is 0 Å². The number of sulfonamides is 1. The molecule has 4 rings (SSSR count). The summed E-state index contributed by atoms with van der Waals surface area (Å²) in [5.41, 5.74) is 1.26. The predicted molar refractivity (Wildman–Crippen MR) is 111 cm³/mol. The predicted octanol–water partition coefficient (Wildman–Crippen LogP) is 2.95. The van der Waals surface area contributed by atoms with E-state index in [2.05, 4.69) is 5.32 Å². The van der Waals surface area contributed by atoms with Gasteiger partial charge in [-0.2, -0.15) is 4.31 Å². The Bertz CT molecular complexity index is 1070. The average molecular weight is 432 g/mol. The van der Waals surface area contributed by atoms with Crippen LogP contribution < -0.4 is 19.5 Å². The third-order valence-corrected chi connectivity index (χ3v) is 7.15. The van der Waals surface area contributed by atoms with Gasteiger partial charge in [-0.3, -0.25) is 4.79 Å². The van der Waals surface area contributed by atoms with Gasteiger partial charge < -0.3 is 19.5 Å². The Morgan fingerprint density at radius 1 is 1.13 bits per heavy atom. The molecule has 1 saturated heterocycles. The minimum Gasteiger partial charge on any atom is -0.495 e. The zero-order valence-electron chi connectivity index (χ0n) is 16.9. The van der Waals surface area contributed by atoms with Gasteiger partial charge in [0.2, 0.25) is 15.9 Å². The molecule has 1 N–H and O–H groups in total. The number of carbonyl (C=O) groups excluding carboxylic acids is 1. The zero-order valence-corrected chi connectivity index (χ0v) is 17.7. The normalized spacial score (nSPS) is 18.8. The van der Waals surface area contributed by atoms with Gasteiger partial charge in [0.1, 0.15) is 23.9 Å². The molecule has 0 saturated carbocycles. The number of rotatable bonds is 5. The van der Waals surface area contributed by atoms with Crippen LogP contribution in [0.25, 0.3) is 0 Å². The second kappa shape index (κ2) is 8.16. The Kier molecular flexibility index (Phi) is 5.57. The molecule has 0 radical (unpaired) electrons. The number of carbonyl (C=O) groups is 1. The van der Waals surface area contributed by atoms with Crippen molar-refractivity contribution in [3.8, 4) is 17.2 Å². The fraction of sp³-hybridized carbons (Fsp3) is 0.381. The summed E-state index contributed by atoms with van der Waals surface area (Å²) in [5, 5.41) is 2.63. The Hall–Kier alpha value is -2.78. The Morgan fingerprint density at radius 2 is 1.90 bits per heavy atom. The van der Waals surface area contributed by atoms with Crippen molar-refractivity contribution in [2.75, 3.05) is 32.2 Å². The molecule has 0 aliphatic carbocycles. The van der Waals surface area contributed by atoms with E-state index >= 15 is 0 Å².